The van der Waals surface area contributed by atoms with E-state index in [1.807, 2.05) is 14.1 Å². The van der Waals surface area contributed by atoms with Gasteiger partial charge in [-0.25, -0.2) is 24.9 Å². The predicted octanol–water partition coefficient (Wildman–Crippen LogP) is 3.28. The Kier molecular flexibility index (Phi) is 9.46. The third-order valence-electron chi connectivity index (χ3n) is 7.16. The number of aryl methyl sites for hydroxylation is 1. The predicted molar refractivity (Wildman–Crippen MR) is 172 cm³/mol. The van der Waals surface area contributed by atoms with Crippen molar-refractivity contribution < 1.29 is 22.2 Å². The lowest BCUT2D eigenvalue weighted by Crippen LogP contribution is -2.47. The third-order valence-corrected chi connectivity index (χ3v) is 8.00. The molecule has 16 heteroatoms. The van der Waals surface area contributed by atoms with Crippen LogP contribution >= 0.6 is 11.6 Å². The standard InChI is InChI=1S/C30H32ClN9O5S/c1-17(28(41)36-24(16-45-46(5,43)44)23-7-6-8-26(35-23)39(3)4)40-15-20-10-9-19(13-21(20)29(40)42)27-22(31)14-33-30(38-27)37-25-11-12-32-18(2)34-25/h6-14,17,24H,15-16H2,1-5H3,(H,36,41)(H,32,33,34,37,38)/t17-,24-/m1/s1. The zero-order valence-corrected chi connectivity index (χ0v) is 27.3. The molecular weight excluding hydrogens is 634 g/mol. The molecule has 3 aromatic heterocycles. The van der Waals surface area contributed by atoms with Crippen LogP contribution in [0.25, 0.3) is 11.3 Å². The van der Waals surface area contributed by atoms with Crippen LogP contribution in [0.1, 0.15) is 40.4 Å². The Bertz CT molecular complexity index is 1910. The third kappa shape index (κ3) is 7.55. The second-order valence-corrected chi connectivity index (χ2v) is 12.9. The van der Waals surface area contributed by atoms with Crippen LogP contribution in [0, 0.1) is 6.92 Å². The molecule has 4 aromatic rings. The van der Waals surface area contributed by atoms with E-state index >= 15 is 0 Å². The zero-order valence-electron chi connectivity index (χ0n) is 25.7. The van der Waals surface area contributed by atoms with Crippen LogP contribution in [-0.2, 0) is 25.6 Å². The molecule has 2 N–H and O–H groups in total. The summed E-state index contributed by atoms with van der Waals surface area (Å²) in [6, 6.07) is 10.4. The van der Waals surface area contributed by atoms with Crippen molar-refractivity contribution >= 4 is 51.1 Å². The van der Waals surface area contributed by atoms with Gasteiger partial charge in [-0.15, -0.1) is 0 Å². The Morgan fingerprint density at radius 1 is 1.13 bits per heavy atom. The Hall–Kier alpha value is -4.73. The number of nitrogens with zero attached hydrogens (tertiary/aromatic N) is 7. The van der Waals surface area contributed by atoms with Gasteiger partial charge in [0.15, 0.2) is 0 Å². The van der Waals surface area contributed by atoms with Gasteiger partial charge in [0.25, 0.3) is 16.0 Å². The Morgan fingerprint density at radius 3 is 2.63 bits per heavy atom. The van der Waals surface area contributed by atoms with Gasteiger partial charge >= 0.3 is 0 Å². The van der Waals surface area contributed by atoms with Crippen molar-refractivity contribution in [1.29, 1.82) is 0 Å². The zero-order chi connectivity index (χ0) is 33.2. The molecule has 5 rings (SSSR count). The maximum absolute atomic E-state index is 13.6. The van der Waals surface area contributed by atoms with Crippen LogP contribution in [0.4, 0.5) is 17.6 Å². The first-order valence-electron chi connectivity index (χ1n) is 14.1. The van der Waals surface area contributed by atoms with Crippen LogP contribution < -0.4 is 15.5 Å². The summed E-state index contributed by atoms with van der Waals surface area (Å²) in [7, 11) is -0.180. The minimum atomic E-state index is -3.80. The van der Waals surface area contributed by atoms with E-state index < -0.39 is 28.1 Å². The van der Waals surface area contributed by atoms with Crippen LogP contribution in [0.3, 0.4) is 0 Å². The average Bonchev–Trinajstić information content (AvgIpc) is 3.34. The number of carbonyl (C=O) groups excluding carboxylic acids is 2. The number of pyridine rings is 1. The van der Waals surface area contributed by atoms with Crippen molar-refractivity contribution in [2.75, 3.05) is 37.2 Å². The molecule has 0 saturated heterocycles. The molecule has 0 radical (unpaired) electrons. The highest BCUT2D eigenvalue weighted by atomic mass is 35.5. The van der Waals surface area contributed by atoms with Gasteiger partial charge in [-0.1, -0.05) is 29.8 Å². The van der Waals surface area contributed by atoms with Gasteiger partial charge in [-0.2, -0.15) is 8.42 Å². The Morgan fingerprint density at radius 2 is 1.91 bits per heavy atom. The maximum Gasteiger partial charge on any atom is 0.264 e. The monoisotopic (exact) mass is 665 g/mol. The van der Waals surface area contributed by atoms with E-state index in [0.717, 1.165) is 11.8 Å². The number of halogens is 1. The molecule has 240 valence electrons. The molecule has 2 atom stereocenters. The highest BCUT2D eigenvalue weighted by Gasteiger charge is 2.35. The Labute approximate surface area is 271 Å². The van der Waals surface area contributed by atoms with Crippen molar-refractivity contribution in [3.63, 3.8) is 0 Å². The van der Waals surface area contributed by atoms with Crippen molar-refractivity contribution in [3.8, 4) is 11.3 Å². The molecular formula is C30H32ClN9O5S. The fourth-order valence-electron chi connectivity index (χ4n) is 4.76. The van der Waals surface area contributed by atoms with Gasteiger partial charge in [0.1, 0.15) is 23.5 Å². The summed E-state index contributed by atoms with van der Waals surface area (Å²) in [6.45, 7) is 3.19. The summed E-state index contributed by atoms with van der Waals surface area (Å²) >= 11 is 6.46. The van der Waals surface area contributed by atoms with Gasteiger partial charge in [0.2, 0.25) is 11.9 Å². The maximum atomic E-state index is 13.6. The molecule has 46 heavy (non-hydrogen) atoms. The highest BCUT2D eigenvalue weighted by Crippen LogP contribution is 2.32. The Balaban J connectivity index is 1.34. The second-order valence-electron chi connectivity index (χ2n) is 10.9. The van der Waals surface area contributed by atoms with Gasteiger partial charge in [0, 0.05) is 38.0 Å². The molecule has 2 amide bonds. The summed E-state index contributed by atoms with van der Waals surface area (Å²) in [6.07, 6.45) is 4.00. The highest BCUT2D eigenvalue weighted by molar-refractivity contribution is 7.85. The lowest BCUT2D eigenvalue weighted by atomic mass is 10.0. The van der Waals surface area contributed by atoms with Crippen molar-refractivity contribution in [3.05, 3.63) is 82.5 Å². The van der Waals surface area contributed by atoms with Crippen molar-refractivity contribution in [2.45, 2.75) is 32.5 Å². The van der Waals surface area contributed by atoms with Gasteiger partial charge in [-0.05, 0) is 43.7 Å². The van der Waals surface area contributed by atoms with Crippen LogP contribution in [0.15, 0.2) is 54.9 Å². The first kappa shape index (κ1) is 32.7. The van der Waals surface area contributed by atoms with Gasteiger partial charge in [-0.3, -0.25) is 13.8 Å². The number of hydrogen-bond donors (Lipinski definition) is 2. The van der Waals surface area contributed by atoms with Crippen LogP contribution in [0.2, 0.25) is 5.02 Å². The van der Waals surface area contributed by atoms with E-state index in [0.29, 0.717) is 40.0 Å². The molecule has 0 saturated carbocycles. The lowest BCUT2D eigenvalue weighted by molar-refractivity contribution is -0.126. The molecule has 0 aliphatic carbocycles. The quantitative estimate of drug-likeness (QED) is 0.224. The molecule has 0 spiro atoms. The smallest absolute Gasteiger partial charge is 0.264 e. The topological polar surface area (TPSA) is 172 Å². The van der Waals surface area contributed by atoms with Crippen molar-refractivity contribution in [2.24, 2.45) is 0 Å². The number of anilines is 3. The van der Waals surface area contributed by atoms with E-state index in [1.54, 1.807) is 67.4 Å². The molecule has 0 unspecified atom stereocenters. The minimum absolute atomic E-state index is 0.194. The number of rotatable bonds is 11. The number of fused-ring (bicyclic) bond motifs is 1. The average molecular weight is 666 g/mol. The van der Waals surface area contributed by atoms with E-state index in [4.69, 9.17) is 15.8 Å². The summed E-state index contributed by atoms with van der Waals surface area (Å²) in [5.41, 5.74) is 2.54. The first-order chi connectivity index (χ1) is 21.8. The summed E-state index contributed by atoms with van der Waals surface area (Å²) in [4.78, 5) is 52.0. The normalized spacial score (nSPS) is 14.0. The number of carbonyl (C=O) groups is 2. The van der Waals surface area contributed by atoms with Gasteiger partial charge in [0.05, 0.1) is 41.5 Å². The second kappa shape index (κ2) is 13.3. The van der Waals surface area contributed by atoms with E-state index in [-0.39, 0.29) is 30.0 Å². The molecule has 1 aliphatic heterocycles. The number of amides is 2. The molecule has 1 aromatic carbocycles. The fraction of sp³-hybridized carbons (Fsp3) is 0.300. The molecule has 1 aliphatic rings. The SMILES string of the molecule is Cc1nccc(Nc2ncc(Cl)c(-c3ccc4c(c3)C(=O)N([C@H](C)C(=O)N[C@H](COS(C)(=O)=O)c3cccc(N(C)C)n3)C4)n2)n1. The van der Waals surface area contributed by atoms with E-state index in [1.165, 1.54) is 11.1 Å². The fourth-order valence-corrected chi connectivity index (χ4v) is 5.35. The van der Waals surface area contributed by atoms with Crippen LogP contribution in [-0.4, -0.2) is 83.1 Å². The van der Waals surface area contributed by atoms with E-state index in [9.17, 15) is 18.0 Å². The van der Waals surface area contributed by atoms with Crippen LogP contribution in [0.5, 0.6) is 0 Å². The summed E-state index contributed by atoms with van der Waals surface area (Å²) in [5.74, 6) is 1.11. The first-order valence-corrected chi connectivity index (χ1v) is 16.3. The molecule has 0 bridgehead atoms. The molecule has 4 heterocycles. The summed E-state index contributed by atoms with van der Waals surface area (Å²) in [5, 5.41) is 6.13. The minimum Gasteiger partial charge on any atom is -0.363 e. The number of hydrogen-bond acceptors (Lipinski definition) is 12. The van der Waals surface area contributed by atoms with E-state index in [2.05, 4.69) is 35.6 Å². The largest absolute Gasteiger partial charge is 0.363 e. The summed E-state index contributed by atoms with van der Waals surface area (Å²) < 4.78 is 28.6. The number of benzene rings is 1. The lowest BCUT2D eigenvalue weighted by Gasteiger charge is -2.26. The number of nitrogens with one attached hydrogen (secondary N) is 2. The van der Waals surface area contributed by atoms with Gasteiger partial charge < -0.3 is 20.4 Å². The van der Waals surface area contributed by atoms with Crippen molar-refractivity contribution in [1.82, 2.24) is 35.1 Å². The number of aromatic nitrogens is 5. The molecule has 0 fully saturated rings. The molecule has 14 nitrogen and oxygen atoms in total.